The number of benzene rings is 1. The maximum Gasteiger partial charge on any atom is 0.320 e. The fourth-order valence-electron chi connectivity index (χ4n) is 1.89. The van der Waals surface area contributed by atoms with Crippen molar-refractivity contribution in [1.29, 1.82) is 0 Å². The van der Waals surface area contributed by atoms with Gasteiger partial charge in [-0.1, -0.05) is 26.0 Å². The fraction of sp³-hybridized carbons (Fsp3) is 0.467. The number of aliphatic carboxylic acids is 1. The van der Waals surface area contributed by atoms with E-state index in [1.165, 1.54) is 6.92 Å². The molecule has 5 heteroatoms. The van der Waals surface area contributed by atoms with Crippen molar-refractivity contribution in [3.63, 3.8) is 0 Å². The van der Waals surface area contributed by atoms with Crippen LogP contribution in [0.2, 0.25) is 0 Å². The van der Waals surface area contributed by atoms with Crippen molar-refractivity contribution in [2.45, 2.75) is 39.8 Å². The maximum atomic E-state index is 11.1. The number of carboxylic acid groups (broad SMARTS) is 1. The minimum Gasteiger partial charge on any atom is -0.480 e. The van der Waals surface area contributed by atoms with Gasteiger partial charge in [-0.15, -0.1) is 0 Å². The first-order chi connectivity index (χ1) is 9.38. The van der Waals surface area contributed by atoms with E-state index in [-0.39, 0.29) is 5.91 Å². The van der Waals surface area contributed by atoms with E-state index < -0.39 is 12.0 Å². The van der Waals surface area contributed by atoms with Crippen molar-refractivity contribution >= 4 is 17.6 Å². The number of carbonyl (C=O) groups is 2. The van der Waals surface area contributed by atoms with Crippen LogP contribution < -0.4 is 10.6 Å². The molecule has 0 aliphatic heterocycles. The molecule has 0 fully saturated rings. The molecule has 0 saturated carbocycles. The molecule has 1 aromatic rings. The van der Waals surface area contributed by atoms with Gasteiger partial charge in [0, 0.05) is 19.2 Å². The standard InChI is InChI=1S/C15H22N2O3/c1-10(2)8-14(15(19)20)16-9-12-4-6-13(7-5-12)17-11(3)18/h4-7,10,14,16H,8-9H2,1-3H3,(H,17,18)(H,19,20). The van der Waals surface area contributed by atoms with E-state index in [9.17, 15) is 9.59 Å². The second kappa shape index (κ2) is 7.65. The number of rotatable bonds is 7. The Kier molecular flexibility index (Phi) is 6.18. The van der Waals surface area contributed by atoms with Crippen LogP contribution in [0.25, 0.3) is 0 Å². The molecule has 1 aromatic carbocycles. The first kappa shape index (κ1) is 16.2. The van der Waals surface area contributed by atoms with Gasteiger partial charge in [0.25, 0.3) is 0 Å². The van der Waals surface area contributed by atoms with Crippen molar-refractivity contribution in [2.75, 3.05) is 5.32 Å². The van der Waals surface area contributed by atoms with Crippen LogP contribution in [0.1, 0.15) is 32.8 Å². The predicted octanol–water partition coefficient (Wildman–Crippen LogP) is 2.23. The Morgan fingerprint density at radius 3 is 2.25 bits per heavy atom. The van der Waals surface area contributed by atoms with Crippen LogP contribution in [-0.2, 0) is 16.1 Å². The molecule has 1 unspecified atom stereocenters. The van der Waals surface area contributed by atoms with Crippen molar-refractivity contribution < 1.29 is 14.7 Å². The number of carboxylic acids is 1. The zero-order valence-electron chi connectivity index (χ0n) is 12.1. The second-order valence-electron chi connectivity index (χ2n) is 5.28. The molecule has 5 nitrogen and oxygen atoms in total. The van der Waals surface area contributed by atoms with Crippen LogP contribution in [0.5, 0.6) is 0 Å². The number of hydrogen-bond donors (Lipinski definition) is 3. The van der Waals surface area contributed by atoms with E-state index in [4.69, 9.17) is 5.11 Å². The van der Waals surface area contributed by atoms with E-state index in [1.807, 2.05) is 26.0 Å². The van der Waals surface area contributed by atoms with Crippen LogP contribution in [0.4, 0.5) is 5.69 Å². The highest BCUT2D eigenvalue weighted by atomic mass is 16.4. The Balaban J connectivity index is 2.55. The van der Waals surface area contributed by atoms with Crippen LogP contribution in [0.15, 0.2) is 24.3 Å². The summed E-state index contributed by atoms with van der Waals surface area (Å²) in [4.78, 5) is 22.0. The van der Waals surface area contributed by atoms with E-state index in [0.717, 1.165) is 11.3 Å². The molecule has 0 saturated heterocycles. The highest BCUT2D eigenvalue weighted by molar-refractivity contribution is 5.88. The zero-order valence-corrected chi connectivity index (χ0v) is 12.1. The van der Waals surface area contributed by atoms with Crippen LogP contribution in [0.3, 0.4) is 0 Å². The second-order valence-corrected chi connectivity index (χ2v) is 5.28. The summed E-state index contributed by atoms with van der Waals surface area (Å²) in [5.41, 5.74) is 1.72. The third-order valence-corrected chi connectivity index (χ3v) is 2.83. The molecule has 0 aliphatic rings. The summed E-state index contributed by atoms with van der Waals surface area (Å²) in [6.07, 6.45) is 0.597. The molecule has 0 heterocycles. The number of nitrogens with one attached hydrogen (secondary N) is 2. The van der Waals surface area contributed by atoms with E-state index >= 15 is 0 Å². The monoisotopic (exact) mass is 278 g/mol. The molecule has 0 spiro atoms. The number of amides is 1. The van der Waals surface area contributed by atoms with Gasteiger partial charge in [-0.25, -0.2) is 0 Å². The molecule has 20 heavy (non-hydrogen) atoms. The predicted molar refractivity (Wildman–Crippen MR) is 78.5 cm³/mol. The van der Waals surface area contributed by atoms with Crippen LogP contribution >= 0.6 is 0 Å². The van der Waals surface area contributed by atoms with Gasteiger partial charge in [-0.3, -0.25) is 9.59 Å². The minimum atomic E-state index is -0.825. The number of hydrogen-bond acceptors (Lipinski definition) is 3. The Morgan fingerprint density at radius 2 is 1.80 bits per heavy atom. The number of carbonyl (C=O) groups excluding carboxylic acids is 1. The Bertz CT molecular complexity index is 455. The molecule has 0 radical (unpaired) electrons. The molecular weight excluding hydrogens is 256 g/mol. The molecule has 0 aliphatic carbocycles. The molecule has 1 rings (SSSR count). The highest BCUT2D eigenvalue weighted by Gasteiger charge is 2.17. The SMILES string of the molecule is CC(=O)Nc1ccc(CNC(CC(C)C)C(=O)O)cc1. The summed E-state index contributed by atoms with van der Waals surface area (Å²) < 4.78 is 0. The van der Waals surface area contributed by atoms with Gasteiger partial charge >= 0.3 is 5.97 Å². The lowest BCUT2D eigenvalue weighted by Crippen LogP contribution is -2.37. The van der Waals surface area contributed by atoms with Gasteiger partial charge < -0.3 is 15.7 Å². The summed E-state index contributed by atoms with van der Waals surface area (Å²) in [5, 5.41) is 14.9. The van der Waals surface area contributed by atoms with E-state index in [0.29, 0.717) is 18.9 Å². The molecule has 1 amide bonds. The summed E-state index contributed by atoms with van der Waals surface area (Å²) in [5.74, 6) is -0.613. The molecule has 0 bridgehead atoms. The minimum absolute atomic E-state index is 0.112. The lowest BCUT2D eigenvalue weighted by Gasteiger charge is -2.16. The third kappa shape index (κ3) is 5.84. The molecular formula is C15H22N2O3. The first-order valence-corrected chi connectivity index (χ1v) is 6.71. The van der Waals surface area contributed by atoms with Gasteiger partial charge in [0.2, 0.25) is 5.91 Å². The average molecular weight is 278 g/mol. The average Bonchev–Trinajstić information content (AvgIpc) is 2.34. The maximum absolute atomic E-state index is 11.1. The third-order valence-electron chi connectivity index (χ3n) is 2.83. The van der Waals surface area contributed by atoms with Crippen LogP contribution in [-0.4, -0.2) is 23.0 Å². The van der Waals surface area contributed by atoms with Gasteiger partial charge in [0.05, 0.1) is 0 Å². The normalized spacial score (nSPS) is 12.2. The molecule has 1 atom stereocenters. The molecule has 110 valence electrons. The highest BCUT2D eigenvalue weighted by Crippen LogP contribution is 2.11. The molecule has 0 aromatic heterocycles. The van der Waals surface area contributed by atoms with Gasteiger partial charge in [0.1, 0.15) is 6.04 Å². The zero-order chi connectivity index (χ0) is 15.1. The van der Waals surface area contributed by atoms with Crippen molar-refractivity contribution in [3.05, 3.63) is 29.8 Å². The Hall–Kier alpha value is -1.88. The smallest absolute Gasteiger partial charge is 0.320 e. The summed E-state index contributed by atoms with van der Waals surface area (Å²) in [7, 11) is 0. The topological polar surface area (TPSA) is 78.4 Å². The fourth-order valence-corrected chi connectivity index (χ4v) is 1.89. The molecule has 3 N–H and O–H groups in total. The van der Waals surface area contributed by atoms with Gasteiger partial charge in [-0.05, 0) is 30.0 Å². The van der Waals surface area contributed by atoms with Crippen molar-refractivity contribution in [3.8, 4) is 0 Å². The lowest BCUT2D eigenvalue weighted by molar-refractivity contribution is -0.140. The van der Waals surface area contributed by atoms with Gasteiger partial charge in [0.15, 0.2) is 0 Å². The van der Waals surface area contributed by atoms with Crippen molar-refractivity contribution in [2.24, 2.45) is 5.92 Å². The van der Waals surface area contributed by atoms with Crippen molar-refractivity contribution in [1.82, 2.24) is 5.32 Å². The quantitative estimate of drug-likeness (QED) is 0.714. The first-order valence-electron chi connectivity index (χ1n) is 6.71. The van der Waals surface area contributed by atoms with Crippen LogP contribution in [0, 0.1) is 5.92 Å². The van der Waals surface area contributed by atoms with Gasteiger partial charge in [-0.2, -0.15) is 0 Å². The summed E-state index contributed by atoms with van der Waals surface area (Å²) in [6.45, 7) is 5.95. The van der Waals surface area contributed by atoms with E-state index in [2.05, 4.69) is 10.6 Å². The Labute approximate surface area is 119 Å². The number of anilines is 1. The Morgan fingerprint density at radius 1 is 1.20 bits per heavy atom. The summed E-state index contributed by atoms with van der Waals surface area (Å²) >= 11 is 0. The largest absolute Gasteiger partial charge is 0.480 e. The van der Waals surface area contributed by atoms with E-state index in [1.54, 1.807) is 12.1 Å². The summed E-state index contributed by atoms with van der Waals surface area (Å²) in [6, 6.07) is 6.80. The lowest BCUT2D eigenvalue weighted by atomic mass is 10.0.